The Hall–Kier alpha value is -2.18. The van der Waals surface area contributed by atoms with E-state index in [0.29, 0.717) is 30.1 Å². The Kier molecular flexibility index (Phi) is 5.83. The normalized spacial score (nSPS) is 11.0. The maximum atomic E-state index is 13.5. The van der Waals surface area contributed by atoms with E-state index in [4.69, 9.17) is 13.9 Å². The number of alkyl halides is 1. The van der Waals surface area contributed by atoms with Gasteiger partial charge in [0.15, 0.2) is 5.76 Å². The molecule has 4 nitrogen and oxygen atoms in total. The molecule has 0 bridgehead atoms. The van der Waals surface area contributed by atoms with Crippen molar-refractivity contribution in [1.82, 2.24) is 0 Å². The molecule has 2 aromatic carbocycles. The highest BCUT2D eigenvalue weighted by Gasteiger charge is 2.18. The molecule has 0 fully saturated rings. The molecule has 25 heavy (non-hydrogen) atoms. The average Bonchev–Trinajstić information content (AvgIpc) is 2.64. The Balaban J connectivity index is 2.04. The molecule has 130 valence electrons. The van der Waals surface area contributed by atoms with Crippen molar-refractivity contribution in [3.8, 4) is 17.1 Å². The summed E-state index contributed by atoms with van der Waals surface area (Å²) in [6.45, 7) is 1.07. The minimum Gasteiger partial charge on any atom is -0.484 e. The highest BCUT2D eigenvalue weighted by atomic mass is 79.9. The highest BCUT2D eigenvalue weighted by molar-refractivity contribution is 9.09. The third-order valence-corrected chi connectivity index (χ3v) is 3.87. The van der Waals surface area contributed by atoms with Crippen LogP contribution in [0.5, 0.6) is 5.75 Å². The molecule has 0 saturated heterocycles. The maximum Gasteiger partial charge on any atom is 0.235 e. The zero-order chi connectivity index (χ0) is 17.6. The molecule has 1 heterocycles. The minimum absolute atomic E-state index is 0.0618. The van der Waals surface area contributed by atoms with Crippen LogP contribution in [0.15, 0.2) is 57.7 Å². The summed E-state index contributed by atoms with van der Waals surface area (Å²) in [5.74, 6) is -0.115. The Morgan fingerprint density at radius 2 is 1.84 bits per heavy atom. The fourth-order valence-corrected chi connectivity index (χ4v) is 2.65. The van der Waals surface area contributed by atoms with E-state index in [1.165, 1.54) is 12.1 Å². The van der Waals surface area contributed by atoms with E-state index in [9.17, 15) is 9.18 Å². The number of ether oxygens (including phenoxy) is 2. The highest BCUT2D eigenvalue weighted by Crippen LogP contribution is 2.30. The Morgan fingerprint density at radius 1 is 1.04 bits per heavy atom. The van der Waals surface area contributed by atoms with E-state index in [2.05, 4.69) is 15.9 Å². The summed E-state index contributed by atoms with van der Waals surface area (Å²) in [5.41, 5.74) is 0.621. The Bertz CT molecular complexity index is 908. The molecule has 0 spiro atoms. The lowest BCUT2D eigenvalue weighted by Crippen LogP contribution is -2.15. The minimum atomic E-state index is -0.501. The second-order valence-electron chi connectivity index (χ2n) is 5.25. The summed E-state index contributed by atoms with van der Waals surface area (Å²) in [5, 5.41) is 0.871. The van der Waals surface area contributed by atoms with Gasteiger partial charge >= 0.3 is 0 Å². The van der Waals surface area contributed by atoms with Crippen LogP contribution in [0.3, 0.4) is 0 Å². The first-order valence-corrected chi connectivity index (χ1v) is 8.91. The van der Waals surface area contributed by atoms with Crippen LogP contribution in [0.25, 0.3) is 22.3 Å². The topological polar surface area (TPSA) is 48.7 Å². The zero-order valence-corrected chi connectivity index (χ0v) is 14.9. The summed E-state index contributed by atoms with van der Waals surface area (Å²) in [4.78, 5) is 12.8. The van der Waals surface area contributed by atoms with Gasteiger partial charge in [-0.1, -0.05) is 46.3 Å². The van der Waals surface area contributed by atoms with Gasteiger partial charge in [-0.2, -0.15) is 0 Å². The van der Waals surface area contributed by atoms with Crippen LogP contribution in [0.1, 0.15) is 0 Å². The monoisotopic (exact) mass is 406 g/mol. The molecule has 3 rings (SSSR count). The molecule has 6 heteroatoms. The van der Waals surface area contributed by atoms with Crippen molar-refractivity contribution in [2.75, 3.05) is 25.2 Å². The van der Waals surface area contributed by atoms with Crippen molar-refractivity contribution < 1.29 is 18.3 Å². The van der Waals surface area contributed by atoms with E-state index in [0.717, 1.165) is 11.4 Å². The predicted molar refractivity (Wildman–Crippen MR) is 98.0 cm³/mol. The molecule has 1 aromatic heterocycles. The van der Waals surface area contributed by atoms with E-state index in [-0.39, 0.29) is 17.7 Å². The van der Waals surface area contributed by atoms with Crippen LogP contribution in [0.4, 0.5) is 4.39 Å². The third kappa shape index (κ3) is 4.08. The summed E-state index contributed by atoms with van der Waals surface area (Å²) in [6, 6.07) is 13.1. The molecular weight excluding hydrogens is 391 g/mol. The first-order chi connectivity index (χ1) is 12.2. The van der Waals surface area contributed by atoms with E-state index in [1.54, 1.807) is 0 Å². The zero-order valence-electron chi connectivity index (χ0n) is 13.3. The molecular formula is C19H16BrFO4. The summed E-state index contributed by atoms with van der Waals surface area (Å²) in [7, 11) is 0. The van der Waals surface area contributed by atoms with E-state index >= 15 is 0 Å². The van der Waals surface area contributed by atoms with Gasteiger partial charge in [0.2, 0.25) is 11.2 Å². The first kappa shape index (κ1) is 17.6. The Labute approximate surface area is 152 Å². The standard InChI is InChI=1S/C19H16BrFO4/c20-8-9-23-10-11-24-19-17(22)15-12-14(21)6-7-16(15)25-18(19)13-4-2-1-3-5-13/h1-7,12H,8-11H2. The molecule has 3 aromatic rings. The van der Waals surface area contributed by atoms with Gasteiger partial charge in [-0.25, -0.2) is 4.39 Å². The number of benzene rings is 2. The lowest BCUT2D eigenvalue weighted by Gasteiger charge is -2.12. The van der Waals surface area contributed by atoms with Crippen LogP contribution in [-0.4, -0.2) is 25.2 Å². The van der Waals surface area contributed by atoms with Gasteiger partial charge < -0.3 is 13.9 Å². The molecule has 0 aliphatic carbocycles. The summed E-state index contributed by atoms with van der Waals surface area (Å²) < 4.78 is 30.4. The molecule has 0 N–H and O–H groups in total. The van der Waals surface area contributed by atoms with Gasteiger partial charge in [0, 0.05) is 10.9 Å². The van der Waals surface area contributed by atoms with Gasteiger partial charge in [0.05, 0.1) is 18.6 Å². The number of rotatable bonds is 7. The summed E-state index contributed by atoms with van der Waals surface area (Å²) >= 11 is 3.27. The van der Waals surface area contributed by atoms with Crippen molar-refractivity contribution in [2.24, 2.45) is 0 Å². The van der Waals surface area contributed by atoms with E-state index in [1.807, 2.05) is 30.3 Å². The van der Waals surface area contributed by atoms with Crippen molar-refractivity contribution >= 4 is 26.9 Å². The van der Waals surface area contributed by atoms with Crippen LogP contribution in [0, 0.1) is 5.82 Å². The number of hydrogen-bond acceptors (Lipinski definition) is 4. The third-order valence-electron chi connectivity index (χ3n) is 3.54. The number of halogens is 2. The van der Waals surface area contributed by atoms with Gasteiger partial charge in [0.25, 0.3) is 0 Å². The smallest absolute Gasteiger partial charge is 0.235 e. The molecule has 0 amide bonds. The van der Waals surface area contributed by atoms with Crippen molar-refractivity contribution in [3.05, 3.63) is 64.6 Å². The van der Waals surface area contributed by atoms with Gasteiger partial charge in [-0.3, -0.25) is 4.79 Å². The second kappa shape index (κ2) is 8.27. The lowest BCUT2D eigenvalue weighted by molar-refractivity contribution is 0.111. The SMILES string of the molecule is O=c1c(OCCOCCBr)c(-c2ccccc2)oc2ccc(F)cc12. The fraction of sp³-hybridized carbons (Fsp3) is 0.211. The van der Waals surface area contributed by atoms with Crippen LogP contribution >= 0.6 is 15.9 Å². The fourth-order valence-electron chi connectivity index (χ4n) is 2.42. The molecule has 0 aliphatic rings. The van der Waals surface area contributed by atoms with E-state index < -0.39 is 11.2 Å². The molecule has 0 aliphatic heterocycles. The second-order valence-corrected chi connectivity index (χ2v) is 6.04. The first-order valence-electron chi connectivity index (χ1n) is 7.79. The van der Waals surface area contributed by atoms with Crippen molar-refractivity contribution in [3.63, 3.8) is 0 Å². The predicted octanol–water partition coefficient (Wildman–Crippen LogP) is 4.39. The van der Waals surface area contributed by atoms with Gasteiger partial charge in [-0.05, 0) is 18.2 Å². The molecule has 0 atom stereocenters. The van der Waals surface area contributed by atoms with Crippen LogP contribution in [0.2, 0.25) is 0 Å². The van der Waals surface area contributed by atoms with Crippen LogP contribution < -0.4 is 10.2 Å². The number of fused-ring (bicyclic) bond motifs is 1. The maximum absolute atomic E-state index is 13.5. The van der Waals surface area contributed by atoms with Crippen molar-refractivity contribution in [1.29, 1.82) is 0 Å². The Morgan fingerprint density at radius 3 is 2.60 bits per heavy atom. The quantitative estimate of drug-likeness (QED) is 0.431. The number of hydrogen-bond donors (Lipinski definition) is 0. The molecule has 0 saturated carbocycles. The lowest BCUT2D eigenvalue weighted by atomic mass is 10.1. The van der Waals surface area contributed by atoms with Crippen LogP contribution in [-0.2, 0) is 4.74 Å². The summed E-state index contributed by atoms with van der Waals surface area (Å²) in [6.07, 6.45) is 0. The molecule has 0 unspecified atom stereocenters. The average molecular weight is 407 g/mol. The molecule has 0 radical (unpaired) electrons. The van der Waals surface area contributed by atoms with Crippen molar-refractivity contribution in [2.45, 2.75) is 0 Å². The largest absolute Gasteiger partial charge is 0.484 e. The van der Waals surface area contributed by atoms with Gasteiger partial charge in [-0.15, -0.1) is 0 Å². The van der Waals surface area contributed by atoms with Gasteiger partial charge in [0.1, 0.15) is 18.0 Å².